The average Bonchev–Trinajstić information content (AvgIpc) is 2.46. The number of halogens is 5. The number of pyridine rings is 1. The fraction of sp³-hybridized carbons (Fsp3) is 0.143. The number of amides is 1. The number of nitrogens with zero attached hydrogens (tertiary/aromatic N) is 1. The predicted molar refractivity (Wildman–Crippen MR) is 95.2 cm³/mol. The summed E-state index contributed by atoms with van der Waals surface area (Å²) in [5.41, 5.74) is 0.330. The molecule has 9 heteroatoms. The molecule has 0 aliphatic rings. The molecule has 1 aromatic heterocycles. The summed E-state index contributed by atoms with van der Waals surface area (Å²) in [6.45, 7) is 0.243. The molecule has 0 spiro atoms. The van der Waals surface area contributed by atoms with E-state index in [1.165, 1.54) is 10.6 Å². The SMILES string of the molecule is O=C(Nc1cccn(Cc2ccc(Cl)c(Cl)c2)c1=O)C(Cl)(Cl)Cl. The summed E-state index contributed by atoms with van der Waals surface area (Å²) < 4.78 is -0.773. The van der Waals surface area contributed by atoms with Crippen LogP contribution in [0.1, 0.15) is 5.56 Å². The predicted octanol–water partition coefficient (Wildman–Crippen LogP) is 4.51. The minimum atomic E-state index is -2.16. The van der Waals surface area contributed by atoms with Crippen LogP contribution in [0.15, 0.2) is 41.3 Å². The monoisotopic (exact) mass is 412 g/mol. The van der Waals surface area contributed by atoms with E-state index in [0.29, 0.717) is 10.0 Å². The van der Waals surface area contributed by atoms with Crippen molar-refractivity contribution in [3.8, 4) is 0 Å². The van der Waals surface area contributed by atoms with E-state index in [2.05, 4.69) is 5.32 Å². The number of benzene rings is 1. The van der Waals surface area contributed by atoms with Crippen molar-refractivity contribution in [1.82, 2.24) is 4.57 Å². The Labute approximate surface area is 156 Å². The van der Waals surface area contributed by atoms with Crippen molar-refractivity contribution in [2.24, 2.45) is 0 Å². The van der Waals surface area contributed by atoms with Gasteiger partial charge in [-0.1, -0.05) is 64.1 Å². The molecule has 1 heterocycles. The molecule has 0 fully saturated rings. The van der Waals surface area contributed by atoms with Gasteiger partial charge >= 0.3 is 0 Å². The highest BCUT2D eigenvalue weighted by Crippen LogP contribution is 2.27. The standard InChI is InChI=1S/C14H9Cl5N2O2/c15-9-4-3-8(6-10(9)16)7-21-5-1-2-11(12(21)22)20-13(23)14(17,18)19/h1-6H,7H2,(H,20,23). The third-order valence-corrected chi connectivity index (χ3v) is 4.12. The van der Waals surface area contributed by atoms with Crippen molar-refractivity contribution in [1.29, 1.82) is 0 Å². The van der Waals surface area contributed by atoms with Crippen LogP contribution in [0, 0.1) is 0 Å². The number of hydrogen-bond acceptors (Lipinski definition) is 2. The first-order valence-corrected chi connectivity index (χ1v) is 8.09. The summed E-state index contributed by atoms with van der Waals surface area (Å²) in [6, 6.07) is 8.05. The largest absolute Gasteiger partial charge is 0.318 e. The molecule has 0 saturated carbocycles. The van der Waals surface area contributed by atoms with Crippen LogP contribution >= 0.6 is 58.0 Å². The number of rotatable bonds is 3. The van der Waals surface area contributed by atoms with Gasteiger partial charge in [0.15, 0.2) is 0 Å². The van der Waals surface area contributed by atoms with Crippen LogP contribution in [0.2, 0.25) is 10.0 Å². The maximum Gasteiger partial charge on any atom is 0.276 e. The van der Waals surface area contributed by atoms with Crippen molar-refractivity contribution in [2.45, 2.75) is 10.3 Å². The second kappa shape index (κ2) is 7.32. The number of alkyl halides is 3. The van der Waals surface area contributed by atoms with E-state index < -0.39 is 15.3 Å². The quantitative estimate of drug-likeness (QED) is 0.752. The first kappa shape index (κ1) is 18.4. The second-order valence-electron chi connectivity index (χ2n) is 4.56. The molecule has 0 atom stereocenters. The highest BCUT2D eigenvalue weighted by Gasteiger charge is 2.31. The minimum absolute atomic E-state index is 0.00360. The van der Waals surface area contributed by atoms with Gasteiger partial charge in [0, 0.05) is 6.20 Å². The molecule has 1 amide bonds. The lowest BCUT2D eigenvalue weighted by molar-refractivity contribution is -0.115. The lowest BCUT2D eigenvalue weighted by Crippen LogP contribution is -2.31. The number of hydrogen-bond donors (Lipinski definition) is 1. The van der Waals surface area contributed by atoms with Crippen LogP contribution in [-0.2, 0) is 11.3 Å². The average molecular weight is 415 g/mol. The Morgan fingerprint density at radius 1 is 1.13 bits per heavy atom. The Morgan fingerprint density at radius 3 is 2.43 bits per heavy atom. The molecule has 122 valence electrons. The third kappa shape index (κ3) is 4.78. The van der Waals surface area contributed by atoms with Gasteiger partial charge in [0.1, 0.15) is 5.69 Å². The zero-order chi connectivity index (χ0) is 17.2. The van der Waals surface area contributed by atoms with Crippen LogP contribution in [0.5, 0.6) is 0 Å². The molecular weight excluding hydrogens is 405 g/mol. The molecule has 0 aliphatic heterocycles. The van der Waals surface area contributed by atoms with Gasteiger partial charge in [0.2, 0.25) is 0 Å². The molecular formula is C14H9Cl5N2O2. The Bertz CT molecular complexity index is 798. The van der Waals surface area contributed by atoms with Crippen molar-refractivity contribution >= 4 is 69.6 Å². The zero-order valence-corrected chi connectivity index (χ0v) is 15.1. The summed E-state index contributed by atoms with van der Waals surface area (Å²) in [5.74, 6) is -0.910. The number of anilines is 1. The van der Waals surface area contributed by atoms with Crippen LogP contribution in [-0.4, -0.2) is 14.3 Å². The first-order valence-electron chi connectivity index (χ1n) is 6.20. The number of aromatic nitrogens is 1. The van der Waals surface area contributed by atoms with Crippen LogP contribution in [0.4, 0.5) is 5.69 Å². The summed E-state index contributed by atoms with van der Waals surface area (Å²) in [6.07, 6.45) is 1.57. The molecule has 0 unspecified atom stereocenters. The third-order valence-electron chi connectivity index (χ3n) is 2.86. The summed E-state index contributed by atoms with van der Waals surface area (Å²) >= 11 is 28.2. The Kier molecular flexibility index (Phi) is 5.87. The number of nitrogens with one attached hydrogen (secondary N) is 1. The number of carbonyl (C=O) groups excluding carboxylic acids is 1. The van der Waals surface area contributed by atoms with Crippen LogP contribution in [0.25, 0.3) is 0 Å². The van der Waals surface area contributed by atoms with Gasteiger partial charge in [-0.15, -0.1) is 0 Å². The molecule has 4 nitrogen and oxygen atoms in total. The topological polar surface area (TPSA) is 51.1 Å². The fourth-order valence-electron chi connectivity index (χ4n) is 1.78. The van der Waals surface area contributed by atoms with Crippen molar-refractivity contribution in [2.75, 3.05) is 5.32 Å². The highest BCUT2D eigenvalue weighted by atomic mass is 35.6. The van der Waals surface area contributed by atoms with E-state index in [1.807, 2.05) is 0 Å². The van der Waals surface area contributed by atoms with E-state index in [9.17, 15) is 9.59 Å². The van der Waals surface area contributed by atoms with E-state index in [4.69, 9.17) is 58.0 Å². The maximum absolute atomic E-state index is 12.3. The van der Waals surface area contributed by atoms with Crippen molar-refractivity contribution < 1.29 is 4.79 Å². The maximum atomic E-state index is 12.3. The Balaban J connectivity index is 2.27. The Morgan fingerprint density at radius 2 is 1.83 bits per heavy atom. The van der Waals surface area contributed by atoms with Crippen molar-refractivity contribution in [3.63, 3.8) is 0 Å². The smallest absolute Gasteiger partial charge is 0.276 e. The molecule has 0 bridgehead atoms. The first-order chi connectivity index (χ1) is 10.7. The molecule has 2 aromatic rings. The van der Waals surface area contributed by atoms with Gasteiger partial charge in [-0.3, -0.25) is 9.59 Å². The van der Waals surface area contributed by atoms with Crippen LogP contribution in [0.3, 0.4) is 0 Å². The van der Waals surface area contributed by atoms with Gasteiger partial charge in [-0.2, -0.15) is 0 Å². The van der Waals surface area contributed by atoms with Crippen LogP contribution < -0.4 is 10.9 Å². The van der Waals surface area contributed by atoms with E-state index >= 15 is 0 Å². The molecule has 2 rings (SSSR count). The second-order valence-corrected chi connectivity index (χ2v) is 7.65. The van der Waals surface area contributed by atoms with Crippen molar-refractivity contribution in [3.05, 3.63) is 62.5 Å². The zero-order valence-electron chi connectivity index (χ0n) is 11.3. The summed E-state index contributed by atoms with van der Waals surface area (Å²) in [5, 5.41) is 3.09. The van der Waals surface area contributed by atoms with Gasteiger partial charge in [-0.25, -0.2) is 0 Å². The molecule has 1 N–H and O–H groups in total. The van der Waals surface area contributed by atoms with Gasteiger partial charge in [-0.05, 0) is 29.8 Å². The minimum Gasteiger partial charge on any atom is -0.318 e. The molecule has 23 heavy (non-hydrogen) atoms. The summed E-state index contributed by atoms with van der Waals surface area (Å²) in [7, 11) is 0. The fourth-order valence-corrected chi connectivity index (χ4v) is 2.25. The van der Waals surface area contributed by atoms with Gasteiger partial charge in [0.25, 0.3) is 15.3 Å². The molecule has 1 aromatic carbocycles. The van der Waals surface area contributed by atoms with E-state index in [0.717, 1.165) is 5.56 Å². The Hall–Kier alpha value is -0.910. The lowest BCUT2D eigenvalue weighted by atomic mass is 10.2. The highest BCUT2D eigenvalue weighted by molar-refractivity contribution is 6.76. The van der Waals surface area contributed by atoms with Gasteiger partial charge in [0.05, 0.1) is 16.6 Å². The molecule has 0 aliphatic carbocycles. The van der Waals surface area contributed by atoms with E-state index in [-0.39, 0.29) is 12.2 Å². The lowest BCUT2D eigenvalue weighted by Gasteiger charge is -2.13. The molecule has 0 radical (unpaired) electrons. The number of carbonyl (C=O) groups is 1. The summed E-state index contributed by atoms with van der Waals surface area (Å²) in [4.78, 5) is 24.0. The normalized spacial score (nSPS) is 11.3. The molecule has 0 saturated heterocycles. The van der Waals surface area contributed by atoms with Gasteiger partial charge < -0.3 is 9.88 Å². The van der Waals surface area contributed by atoms with E-state index in [1.54, 1.807) is 30.5 Å².